The number of fused-ring (bicyclic) bond motifs is 1. The van der Waals surface area contributed by atoms with Crippen LogP contribution in [0.15, 0.2) is 82.0 Å². The van der Waals surface area contributed by atoms with Gasteiger partial charge in [-0.25, -0.2) is 0 Å². The molecule has 0 aromatic heterocycles. The van der Waals surface area contributed by atoms with Gasteiger partial charge >= 0.3 is 5.97 Å². The van der Waals surface area contributed by atoms with Crippen molar-refractivity contribution in [3.05, 3.63) is 88.6 Å². The highest BCUT2D eigenvalue weighted by Crippen LogP contribution is 2.43. The van der Waals surface area contributed by atoms with E-state index < -0.39 is 86.0 Å². The van der Waals surface area contributed by atoms with E-state index in [0.717, 1.165) is 12.1 Å². The Kier molecular flexibility index (Phi) is 11.3. The lowest BCUT2D eigenvalue weighted by Gasteiger charge is -2.40. The van der Waals surface area contributed by atoms with E-state index in [2.05, 4.69) is 0 Å². The van der Waals surface area contributed by atoms with Crippen LogP contribution in [-0.2, 0) is 14.2 Å². The molecule has 0 amide bonds. The van der Waals surface area contributed by atoms with Crippen LogP contribution in [0.5, 0.6) is 23.0 Å². The quantitative estimate of drug-likeness (QED) is 0.0559. The smallest absolute Gasteiger partial charge is 0.508 e. The zero-order valence-corrected chi connectivity index (χ0v) is 27.5. The van der Waals surface area contributed by atoms with E-state index in [4.69, 9.17) is 28.1 Å². The van der Waals surface area contributed by atoms with Gasteiger partial charge in [-0.1, -0.05) is 12.1 Å². The summed E-state index contributed by atoms with van der Waals surface area (Å²) in [6.07, 6.45) is -14.1. The molecule has 0 radical (unpaired) electrons. The monoisotopic (exact) mass is 741 g/mol. The number of aliphatic hydroxyl groups is 7. The predicted molar refractivity (Wildman–Crippen MR) is 180 cm³/mol. The standard InChI is InChI=1S/C36H36O17/c37-14-25-28(42)30(44)32(46)35(52-25)50-23-12-20(40)11-22-21(23)13-24(34(49-22)17-4-8-19(39)9-5-17)51-36-33(47)31(45)29(43)26(53-36)15-48-27(41)10-3-16-1-6-18(38)7-2-16/h1-13,25-26,28-33,35-39,42-47H,14-15H2/p+1. The average molecular weight is 742 g/mol. The molecule has 10 unspecified atom stereocenters. The third-order valence-electron chi connectivity index (χ3n) is 8.63. The van der Waals surface area contributed by atoms with Crippen molar-refractivity contribution in [2.75, 3.05) is 13.2 Å². The Hall–Kier alpha value is -5.08. The van der Waals surface area contributed by atoms with E-state index in [-0.39, 0.29) is 40.1 Å². The molecule has 2 fully saturated rings. The van der Waals surface area contributed by atoms with Crippen LogP contribution in [0.3, 0.4) is 0 Å². The van der Waals surface area contributed by atoms with E-state index in [9.17, 15) is 55.5 Å². The number of phenolic OH excluding ortho intramolecular Hbond substituents is 2. The Morgan fingerprint density at radius 3 is 1.91 bits per heavy atom. The number of rotatable bonds is 10. The number of ether oxygens (including phenoxy) is 5. The minimum Gasteiger partial charge on any atom is -0.508 e. The maximum Gasteiger partial charge on any atom is 0.510 e. The van der Waals surface area contributed by atoms with Gasteiger partial charge in [0.15, 0.2) is 23.0 Å². The van der Waals surface area contributed by atoms with Gasteiger partial charge in [0.25, 0.3) is 0 Å². The second kappa shape index (κ2) is 15.9. The minimum absolute atomic E-state index is 0.0322. The molecule has 10 atom stereocenters. The number of hydrogen-bond donors (Lipinski definition) is 9. The summed E-state index contributed by atoms with van der Waals surface area (Å²) in [7, 11) is 0. The van der Waals surface area contributed by atoms with E-state index >= 15 is 0 Å². The predicted octanol–water partition coefficient (Wildman–Crippen LogP) is -0.580. The number of carbonyl (C=O) groups excluding carboxylic acids is 1. The summed E-state index contributed by atoms with van der Waals surface area (Å²) in [5.41, 5.74) is 0.343. The number of phenols is 2. The summed E-state index contributed by atoms with van der Waals surface area (Å²) in [6, 6.07) is 15.1. The lowest BCUT2D eigenvalue weighted by Crippen LogP contribution is -2.60. The molecule has 3 heterocycles. The highest BCUT2D eigenvalue weighted by molar-refractivity contribution is 5.88. The van der Waals surface area contributed by atoms with Crippen molar-refractivity contribution >= 4 is 12.0 Å². The number of benzene rings is 3. The van der Waals surface area contributed by atoms with Gasteiger partial charge in [-0.15, -0.1) is 0 Å². The molecule has 0 saturated carbocycles. The van der Waals surface area contributed by atoms with Crippen LogP contribution in [0.4, 0.5) is 0 Å². The number of esters is 1. The molecule has 10 N–H and O–H groups in total. The maximum absolute atomic E-state index is 12.8. The first-order valence-electron chi connectivity index (χ1n) is 16.2. The first-order valence-corrected chi connectivity index (χ1v) is 16.2. The maximum atomic E-state index is 12.8. The van der Waals surface area contributed by atoms with Gasteiger partial charge in [-0.2, -0.15) is 0 Å². The summed E-state index contributed by atoms with van der Waals surface area (Å²) in [6.45, 7) is -1.26. The minimum atomic E-state index is -1.86. The molecule has 17 nitrogen and oxygen atoms in total. The molecule has 282 valence electrons. The number of aromatic hydroxyl groups is 2. The fourth-order valence-corrected chi connectivity index (χ4v) is 5.69. The second-order valence-electron chi connectivity index (χ2n) is 12.3. The topological polar surface area (TPSA) is 280 Å². The zero-order chi connectivity index (χ0) is 38.0. The van der Waals surface area contributed by atoms with Crippen molar-refractivity contribution in [3.8, 4) is 45.6 Å². The molecule has 53 heavy (non-hydrogen) atoms. The summed E-state index contributed by atoms with van der Waals surface area (Å²) in [5, 5.41) is 92.2. The van der Waals surface area contributed by atoms with E-state index in [1.807, 2.05) is 0 Å². The fraction of sp³-hybridized carbons (Fsp3) is 0.333. The van der Waals surface area contributed by atoms with Crippen LogP contribution in [0.1, 0.15) is 5.56 Å². The van der Waals surface area contributed by atoms with Crippen LogP contribution >= 0.6 is 0 Å². The summed E-state index contributed by atoms with van der Waals surface area (Å²) >= 11 is 0. The first-order chi connectivity index (χ1) is 25.3. The molecule has 17 heteroatoms. The zero-order valence-electron chi connectivity index (χ0n) is 27.5. The van der Waals surface area contributed by atoms with E-state index in [1.165, 1.54) is 54.6 Å². The fourth-order valence-electron chi connectivity index (χ4n) is 5.69. The van der Waals surface area contributed by atoms with Gasteiger partial charge in [0.2, 0.25) is 19.2 Å². The van der Waals surface area contributed by atoms with E-state index in [0.29, 0.717) is 11.1 Å². The summed E-state index contributed by atoms with van der Waals surface area (Å²) in [5.74, 6) is -1.18. The van der Waals surface area contributed by atoms with Gasteiger partial charge in [-0.05, 0) is 54.1 Å². The van der Waals surface area contributed by atoms with Crippen molar-refractivity contribution < 1.29 is 78.9 Å². The number of aliphatic hydroxyl groups excluding tert-OH is 7. The van der Waals surface area contributed by atoms with Crippen molar-refractivity contribution in [1.82, 2.24) is 0 Å². The Balaban J connectivity index is 1.30. The van der Waals surface area contributed by atoms with Crippen LogP contribution in [0.25, 0.3) is 28.7 Å². The van der Waals surface area contributed by atoms with Crippen molar-refractivity contribution in [2.24, 2.45) is 0 Å². The molecular formula is C36H37O17+. The molecule has 4 aliphatic rings. The molecule has 3 aliphatic heterocycles. The van der Waals surface area contributed by atoms with Crippen LogP contribution in [0.2, 0.25) is 0 Å². The van der Waals surface area contributed by atoms with Crippen molar-refractivity contribution in [1.29, 1.82) is 0 Å². The third-order valence-corrected chi connectivity index (χ3v) is 8.63. The molecule has 0 spiro atoms. The molecule has 2 saturated heterocycles. The lowest BCUT2D eigenvalue weighted by atomic mass is 9.99. The summed E-state index contributed by atoms with van der Waals surface area (Å²) in [4.78, 5) is 23.0. The first kappa shape index (κ1) is 37.7. The van der Waals surface area contributed by atoms with Gasteiger partial charge in [0, 0.05) is 17.7 Å². The third kappa shape index (κ3) is 8.28. The Bertz CT molecular complexity index is 1920. The van der Waals surface area contributed by atoms with Crippen molar-refractivity contribution in [3.63, 3.8) is 0 Å². The average Bonchev–Trinajstić information content (AvgIpc) is 3.14. The Morgan fingerprint density at radius 1 is 0.717 bits per heavy atom. The summed E-state index contributed by atoms with van der Waals surface area (Å²) < 4.78 is 34.5. The van der Waals surface area contributed by atoms with Gasteiger partial charge in [0.1, 0.15) is 65.7 Å². The van der Waals surface area contributed by atoms with Crippen LogP contribution in [-0.4, -0.2) is 131 Å². The molecule has 2 aromatic rings. The molecule has 6 rings (SSSR count). The van der Waals surface area contributed by atoms with Gasteiger partial charge in [0.05, 0.1) is 18.2 Å². The molecule has 2 aromatic carbocycles. The number of hydrogen-bond acceptors (Lipinski definition) is 16. The Morgan fingerprint density at radius 2 is 1.28 bits per heavy atom. The van der Waals surface area contributed by atoms with Crippen LogP contribution < -0.4 is 14.9 Å². The van der Waals surface area contributed by atoms with Crippen LogP contribution in [0, 0.1) is 0 Å². The van der Waals surface area contributed by atoms with Gasteiger partial charge in [-0.3, -0.25) is 4.79 Å². The molecule has 1 aliphatic carbocycles. The highest BCUT2D eigenvalue weighted by atomic mass is 16.7. The van der Waals surface area contributed by atoms with Crippen molar-refractivity contribution in [2.45, 2.75) is 61.4 Å². The normalized spacial score (nSPS) is 28.9. The van der Waals surface area contributed by atoms with E-state index in [1.54, 1.807) is 12.1 Å². The SMILES string of the molecule is O=c1cc2oc(-c3ccc(O)cc3)c(OC3OC(COC(=[OH+])C=Cc4ccc(O)cc4)C(O)C(O)C3O)cc-2c(OC2OC(CO)C(O)C(O)C2O)c1. The Labute approximate surface area is 299 Å². The molecular weight excluding hydrogens is 704 g/mol. The lowest BCUT2D eigenvalue weighted by molar-refractivity contribution is -0.277. The highest BCUT2D eigenvalue weighted by Gasteiger charge is 2.48. The second-order valence-corrected chi connectivity index (χ2v) is 12.3. The largest absolute Gasteiger partial charge is 0.510 e. The van der Waals surface area contributed by atoms with Gasteiger partial charge < -0.3 is 78.9 Å². The molecule has 0 bridgehead atoms.